The molecule has 1 aromatic rings. The lowest BCUT2D eigenvalue weighted by Crippen LogP contribution is -2.17. The average Bonchev–Trinajstić information content (AvgIpc) is 2.94. The highest BCUT2D eigenvalue weighted by atomic mass is 19.1. The van der Waals surface area contributed by atoms with Gasteiger partial charge in [-0.25, -0.2) is 8.78 Å². The molecular formula is C10H9F2NO2. The van der Waals surface area contributed by atoms with Gasteiger partial charge in [0.05, 0.1) is 18.3 Å². The van der Waals surface area contributed by atoms with Crippen molar-refractivity contribution in [3.05, 3.63) is 29.6 Å². The van der Waals surface area contributed by atoms with E-state index in [1.807, 2.05) is 0 Å². The molecule has 3 nitrogen and oxygen atoms in total. The Labute approximate surface area is 84.8 Å². The summed E-state index contributed by atoms with van der Waals surface area (Å²) in [4.78, 5) is 14.3. The first kappa shape index (κ1) is 10.0. The molecule has 15 heavy (non-hydrogen) atoms. The number of hydrogen-bond donors (Lipinski definition) is 1. The Morgan fingerprint density at radius 1 is 1.40 bits per heavy atom. The molecule has 1 aliphatic carbocycles. The summed E-state index contributed by atoms with van der Waals surface area (Å²) >= 11 is 0. The van der Waals surface area contributed by atoms with Crippen LogP contribution in [-0.2, 0) is 4.79 Å². The van der Waals surface area contributed by atoms with Crippen molar-refractivity contribution >= 4 is 5.97 Å². The Hall–Kier alpha value is -1.52. The number of nitrogens with zero attached hydrogens (tertiary/aromatic N) is 1. The molecule has 0 aliphatic heterocycles. The van der Waals surface area contributed by atoms with Crippen molar-refractivity contribution in [1.82, 2.24) is 4.98 Å². The highest BCUT2D eigenvalue weighted by Crippen LogP contribution is 2.43. The summed E-state index contributed by atoms with van der Waals surface area (Å²) < 4.78 is 26.6. The Morgan fingerprint density at radius 2 is 1.93 bits per heavy atom. The molecule has 1 N–H and O–H groups in total. The van der Waals surface area contributed by atoms with E-state index in [9.17, 15) is 13.6 Å². The molecule has 1 aromatic heterocycles. The summed E-state index contributed by atoms with van der Waals surface area (Å²) in [5.41, 5.74) is -0.361. The van der Waals surface area contributed by atoms with Crippen molar-refractivity contribution in [2.45, 2.75) is 18.8 Å². The summed E-state index contributed by atoms with van der Waals surface area (Å²) in [5, 5.41) is 8.93. The molecule has 0 amide bonds. The number of hydrogen-bond acceptors (Lipinski definition) is 2. The molecule has 1 heterocycles. The van der Waals surface area contributed by atoms with Crippen molar-refractivity contribution in [1.29, 1.82) is 0 Å². The Bertz CT molecular complexity index is 384. The number of carboxylic acid groups (broad SMARTS) is 1. The second kappa shape index (κ2) is 3.56. The molecule has 80 valence electrons. The lowest BCUT2D eigenvalue weighted by molar-refractivity contribution is -0.139. The van der Waals surface area contributed by atoms with Crippen LogP contribution in [0.15, 0.2) is 12.4 Å². The van der Waals surface area contributed by atoms with E-state index >= 15 is 0 Å². The minimum absolute atomic E-state index is 0.145. The standard InChI is InChI=1S/C10H9F2NO2/c11-6-3-13-4-7(12)9(6)8(10(14)15)5-1-2-5/h3-5,8H,1-2H2,(H,14,15). The van der Waals surface area contributed by atoms with E-state index < -0.39 is 23.5 Å². The Balaban J connectivity index is 2.45. The summed E-state index contributed by atoms with van der Waals surface area (Å²) in [7, 11) is 0. The van der Waals surface area contributed by atoms with Gasteiger partial charge < -0.3 is 5.11 Å². The van der Waals surface area contributed by atoms with Gasteiger partial charge >= 0.3 is 5.97 Å². The summed E-state index contributed by atoms with van der Waals surface area (Å²) in [6.45, 7) is 0. The Kier molecular flexibility index (Phi) is 2.38. The van der Waals surface area contributed by atoms with Crippen LogP contribution in [0.3, 0.4) is 0 Å². The first-order valence-electron chi connectivity index (χ1n) is 4.63. The highest BCUT2D eigenvalue weighted by Gasteiger charge is 2.40. The van der Waals surface area contributed by atoms with Gasteiger partial charge in [0.2, 0.25) is 0 Å². The number of rotatable bonds is 3. The third-order valence-electron chi connectivity index (χ3n) is 2.56. The van der Waals surface area contributed by atoms with E-state index in [0.717, 1.165) is 12.4 Å². The molecule has 1 atom stereocenters. The molecule has 5 heteroatoms. The number of aromatic nitrogens is 1. The van der Waals surface area contributed by atoms with E-state index in [1.165, 1.54) is 0 Å². The second-order valence-corrected chi connectivity index (χ2v) is 3.67. The van der Waals surface area contributed by atoms with Crippen LogP contribution in [0.2, 0.25) is 0 Å². The van der Waals surface area contributed by atoms with Gasteiger partial charge in [-0.2, -0.15) is 0 Å². The number of aliphatic carboxylic acids is 1. The maximum atomic E-state index is 13.3. The SMILES string of the molecule is O=C(O)C(c1c(F)cncc1F)C1CC1. The fourth-order valence-electron chi connectivity index (χ4n) is 1.71. The number of pyridine rings is 1. The minimum atomic E-state index is -1.18. The van der Waals surface area contributed by atoms with Crippen LogP contribution in [0, 0.1) is 17.6 Å². The van der Waals surface area contributed by atoms with E-state index in [4.69, 9.17) is 5.11 Å². The summed E-state index contributed by atoms with van der Waals surface area (Å²) in [5.74, 6) is -4.16. The van der Waals surface area contributed by atoms with Gasteiger partial charge in [-0.1, -0.05) is 0 Å². The van der Waals surface area contributed by atoms with E-state index in [1.54, 1.807) is 0 Å². The van der Waals surface area contributed by atoms with Crippen LogP contribution >= 0.6 is 0 Å². The second-order valence-electron chi connectivity index (χ2n) is 3.67. The van der Waals surface area contributed by atoms with Crippen molar-refractivity contribution in [2.24, 2.45) is 5.92 Å². The van der Waals surface area contributed by atoms with Crippen molar-refractivity contribution in [3.8, 4) is 0 Å². The largest absolute Gasteiger partial charge is 0.481 e. The number of carbonyl (C=O) groups is 1. The molecular weight excluding hydrogens is 204 g/mol. The third-order valence-corrected chi connectivity index (χ3v) is 2.56. The molecule has 0 spiro atoms. The third kappa shape index (κ3) is 1.82. The van der Waals surface area contributed by atoms with Gasteiger partial charge in [-0.05, 0) is 18.8 Å². The first-order chi connectivity index (χ1) is 7.11. The zero-order valence-corrected chi connectivity index (χ0v) is 7.78. The number of halogens is 2. The average molecular weight is 213 g/mol. The van der Waals surface area contributed by atoms with Crippen molar-refractivity contribution in [2.75, 3.05) is 0 Å². The smallest absolute Gasteiger partial charge is 0.311 e. The molecule has 1 saturated carbocycles. The summed E-state index contributed by atoms with van der Waals surface area (Å²) in [6.07, 6.45) is 3.10. The molecule has 1 unspecified atom stereocenters. The maximum absolute atomic E-state index is 13.3. The quantitative estimate of drug-likeness (QED) is 0.834. The van der Waals surface area contributed by atoms with E-state index in [0.29, 0.717) is 12.8 Å². The predicted molar refractivity (Wildman–Crippen MR) is 47.3 cm³/mol. The molecule has 0 aromatic carbocycles. The fraction of sp³-hybridized carbons (Fsp3) is 0.400. The minimum Gasteiger partial charge on any atom is -0.481 e. The molecule has 0 saturated heterocycles. The topological polar surface area (TPSA) is 50.2 Å². The fourth-order valence-corrected chi connectivity index (χ4v) is 1.71. The lowest BCUT2D eigenvalue weighted by Gasteiger charge is -2.12. The monoisotopic (exact) mass is 213 g/mol. The number of carboxylic acids is 1. The normalized spacial score (nSPS) is 17.5. The van der Waals surface area contributed by atoms with Crippen LogP contribution < -0.4 is 0 Å². The van der Waals surface area contributed by atoms with Crippen LogP contribution in [-0.4, -0.2) is 16.1 Å². The van der Waals surface area contributed by atoms with E-state index in [-0.39, 0.29) is 11.5 Å². The van der Waals surface area contributed by atoms with Crippen LogP contribution in [0.5, 0.6) is 0 Å². The van der Waals surface area contributed by atoms with Crippen LogP contribution in [0.4, 0.5) is 8.78 Å². The zero-order valence-electron chi connectivity index (χ0n) is 7.78. The van der Waals surface area contributed by atoms with Crippen LogP contribution in [0.25, 0.3) is 0 Å². The summed E-state index contributed by atoms with van der Waals surface area (Å²) in [6, 6.07) is 0. The van der Waals surface area contributed by atoms with Crippen molar-refractivity contribution < 1.29 is 18.7 Å². The molecule has 0 bridgehead atoms. The molecule has 0 radical (unpaired) electrons. The highest BCUT2D eigenvalue weighted by molar-refractivity contribution is 5.77. The lowest BCUT2D eigenvalue weighted by atomic mass is 9.94. The van der Waals surface area contributed by atoms with Gasteiger partial charge in [0.1, 0.15) is 11.6 Å². The van der Waals surface area contributed by atoms with Gasteiger partial charge in [-0.15, -0.1) is 0 Å². The molecule has 1 aliphatic rings. The zero-order chi connectivity index (χ0) is 11.0. The van der Waals surface area contributed by atoms with Gasteiger partial charge in [-0.3, -0.25) is 9.78 Å². The van der Waals surface area contributed by atoms with Crippen LogP contribution in [0.1, 0.15) is 24.3 Å². The maximum Gasteiger partial charge on any atom is 0.311 e. The predicted octanol–water partition coefficient (Wildman–Crippen LogP) is 1.94. The first-order valence-corrected chi connectivity index (χ1v) is 4.63. The molecule has 2 rings (SSSR count). The van der Waals surface area contributed by atoms with Gasteiger partial charge in [0.15, 0.2) is 0 Å². The Morgan fingerprint density at radius 3 is 2.33 bits per heavy atom. The van der Waals surface area contributed by atoms with Gasteiger partial charge in [0, 0.05) is 5.56 Å². The van der Waals surface area contributed by atoms with E-state index in [2.05, 4.69) is 4.98 Å². The van der Waals surface area contributed by atoms with Gasteiger partial charge in [0.25, 0.3) is 0 Å². The van der Waals surface area contributed by atoms with Crippen molar-refractivity contribution in [3.63, 3.8) is 0 Å². The molecule has 1 fully saturated rings.